The molecular weight excluding hydrogens is 383 g/mol. The van der Waals surface area contributed by atoms with Gasteiger partial charge in [-0.05, 0) is 58.5 Å². The Hall–Kier alpha value is -3.60. The molecule has 1 aliphatic carbocycles. The van der Waals surface area contributed by atoms with Gasteiger partial charge in [-0.1, -0.05) is 43.3 Å². The van der Waals surface area contributed by atoms with Crippen molar-refractivity contribution in [1.82, 2.24) is 0 Å². The monoisotopic (exact) mass is 402 g/mol. The minimum atomic E-state index is -0.991. The summed E-state index contributed by atoms with van der Waals surface area (Å²) in [6.45, 7) is 2.21. The zero-order valence-corrected chi connectivity index (χ0v) is 16.3. The molecule has 0 saturated carbocycles. The van der Waals surface area contributed by atoms with Crippen LogP contribution in [0.15, 0.2) is 66.2 Å². The standard InChI is InChI=1S/C25H19FO4/c1-2-14-4-3-5-18-21(14)23(16-8-11-19-20(12-16)30-13-29-19)24(25(27)28)22(18)15-6-9-17(26)10-7-15/h3-12,22H,2,13H2,1H3,(H,27,28). The van der Waals surface area contributed by atoms with E-state index >= 15 is 0 Å². The number of halogens is 1. The Balaban J connectivity index is 1.81. The summed E-state index contributed by atoms with van der Waals surface area (Å²) in [5.74, 6) is -0.574. The van der Waals surface area contributed by atoms with Crippen molar-refractivity contribution < 1.29 is 23.8 Å². The van der Waals surface area contributed by atoms with Crippen LogP contribution in [0.5, 0.6) is 11.5 Å². The van der Waals surface area contributed by atoms with Crippen LogP contribution in [0.4, 0.5) is 4.39 Å². The van der Waals surface area contributed by atoms with Gasteiger partial charge in [0, 0.05) is 11.5 Å². The fourth-order valence-electron chi connectivity index (χ4n) is 4.48. The molecule has 1 unspecified atom stereocenters. The zero-order valence-electron chi connectivity index (χ0n) is 16.3. The predicted octanol–water partition coefficient (Wildman–Crippen LogP) is 5.15. The number of carbonyl (C=O) groups is 1. The van der Waals surface area contributed by atoms with Crippen molar-refractivity contribution in [2.75, 3.05) is 6.79 Å². The lowest BCUT2D eigenvalue weighted by Crippen LogP contribution is -2.10. The molecule has 1 N–H and O–H groups in total. The van der Waals surface area contributed by atoms with E-state index in [1.165, 1.54) is 12.1 Å². The molecule has 0 radical (unpaired) electrons. The maximum absolute atomic E-state index is 13.6. The molecule has 5 heteroatoms. The molecule has 0 saturated heterocycles. The van der Waals surface area contributed by atoms with Crippen LogP contribution in [0.2, 0.25) is 0 Å². The van der Waals surface area contributed by atoms with E-state index in [4.69, 9.17) is 9.47 Å². The van der Waals surface area contributed by atoms with Gasteiger partial charge in [-0.2, -0.15) is 0 Å². The Morgan fingerprint density at radius 3 is 2.57 bits per heavy atom. The Bertz CT molecular complexity index is 1190. The van der Waals surface area contributed by atoms with Crippen LogP contribution in [0.3, 0.4) is 0 Å². The summed E-state index contributed by atoms with van der Waals surface area (Å²) in [6.07, 6.45) is 0.764. The van der Waals surface area contributed by atoms with E-state index in [9.17, 15) is 14.3 Å². The van der Waals surface area contributed by atoms with Gasteiger partial charge in [-0.15, -0.1) is 0 Å². The summed E-state index contributed by atoms with van der Waals surface area (Å²) in [5, 5.41) is 10.3. The van der Waals surface area contributed by atoms with Crippen LogP contribution in [0.25, 0.3) is 5.57 Å². The van der Waals surface area contributed by atoms with Crippen molar-refractivity contribution in [1.29, 1.82) is 0 Å². The summed E-state index contributed by atoms with van der Waals surface area (Å²) in [4.78, 5) is 12.6. The normalized spacial score (nSPS) is 16.7. The van der Waals surface area contributed by atoms with Crippen molar-refractivity contribution in [3.05, 3.63) is 99.9 Å². The largest absolute Gasteiger partial charge is 0.478 e. The minimum Gasteiger partial charge on any atom is -0.478 e. The molecule has 4 nitrogen and oxygen atoms in total. The van der Waals surface area contributed by atoms with Crippen molar-refractivity contribution in [2.24, 2.45) is 0 Å². The van der Waals surface area contributed by atoms with Crippen molar-refractivity contribution in [2.45, 2.75) is 19.3 Å². The van der Waals surface area contributed by atoms with Gasteiger partial charge in [0.2, 0.25) is 6.79 Å². The lowest BCUT2D eigenvalue weighted by atomic mass is 9.87. The van der Waals surface area contributed by atoms with Crippen molar-refractivity contribution >= 4 is 11.5 Å². The summed E-state index contributed by atoms with van der Waals surface area (Å²) in [7, 11) is 0. The van der Waals surface area contributed by atoms with E-state index in [0.29, 0.717) is 17.1 Å². The van der Waals surface area contributed by atoms with Gasteiger partial charge < -0.3 is 14.6 Å². The molecule has 1 heterocycles. The van der Waals surface area contributed by atoms with E-state index in [0.717, 1.165) is 34.2 Å². The summed E-state index contributed by atoms with van der Waals surface area (Å²) < 4.78 is 24.5. The van der Waals surface area contributed by atoms with Gasteiger partial charge in [0.15, 0.2) is 11.5 Å². The highest BCUT2D eigenvalue weighted by Gasteiger charge is 2.38. The fourth-order valence-corrected chi connectivity index (χ4v) is 4.48. The molecule has 0 amide bonds. The maximum atomic E-state index is 13.6. The minimum absolute atomic E-state index is 0.151. The fraction of sp³-hybridized carbons (Fsp3) is 0.160. The Morgan fingerprint density at radius 1 is 1.07 bits per heavy atom. The molecule has 30 heavy (non-hydrogen) atoms. The van der Waals surface area contributed by atoms with Crippen LogP contribution < -0.4 is 9.47 Å². The third-order valence-corrected chi connectivity index (χ3v) is 5.78. The summed E-state index contributed by atoms with van der Waals surface area (Å²) >= 11 is 0. The highest BCUT2D eigenvalue weighted by atomic mass is 19.1. The third kappa shape index (κ3) is 2.77. The summed E-state index contributed by atoms with van der Waals surface area (Å²) in [5.41, 5.74) is 5.42. The molecule has 3 aromatic rings. The molecule has 0 spiro atoms. The average molecular weight is 402 g/mol. The maximum Gasteiger partial charge on any atom is 0.333 e. The molecule has 150 valence electrons. The van der Waals surface area contributed by atoms with E-state index in [-0.39, 0.29) is 18.2 Å². The van der Waals surface area contributed by atoms with Gasteiger partial charge in [-0.25, -0.2) is 9.18 Å². The first-order chi connectivity index (χ1) is 14.6. The number of fused-ring (bicyclic) bond motifs is 2. The molecule has 2 aliphatic rings. The van der Waals surface area contributed by atoms with E-state index in [2.05, 4.69) is 6.92 Å². The van der Waals surface area contributed by atoms with E-state index in [1.54, 1.807) is 12.1 Å². The van der Waals surface area contributed by atoms with E-state index < -0.39 is 11.9 Å². The highest BCUT2D eigenvalue weighted by molar-refractivity contribution is 6.07. The molecule has 5 rings (SSSR count). The zero-order chi connectivity index (χ0) is 20.8. The number of rotatable bonds is 4. The Kier molecular flexibility index (Phi) is 4.31. The number of benzene rings is 3. The second-order valence-electron chi connectivity index (χ2n) is 7.38. The molecule has 1 atom stereocenters. The molecule has 3 aromatic carbocycles. The number of hydrogen-bond donors (Lipinski definition) is 1. The van der Waals surface area contributed by atoms with Gasteiger partial charge in [-0.3, -0.25) is 0 Å². The van der Waals surface area contributed by atoms with Crippen LogP contribution >= 0.6 is 0 Å². The van der Waals surface area contributed by atoms with Crippen LogP contribution in [-0.2, 0) is 11.2 Å². The van der Waals surface area contributed by atoms with Gasteiger partial charge >= 0.3 is 5.97 Å². The first kappa shape index (κ1) is 18.4. The number of hydrogen-bond acceptors (Lipinski definition) is 3. The Morgan fingerprint density at radius 2 is 1.83 bits per heavy atom. The second kappa shape index (κ2) is 7.02. The first-order valence-corrected chi connectivity index (χ1v) is 9.83. The number of carboxylic acid groups (broad SMARTS) is 1. The Labute approximate surface area is 173 Å². The number of aryl methyl sites for hydroxylation is 1. The molecule has 0 aromatic heterocycles. The topological polar surface area (TPSA) is 55.8 Å². The number of aliphatic carboxylic acids is 1. The van der Waals surface area contributed by atoms with Gasteiger partial charge in [0.1, 0.15) is 5.82 Å². The average Bonchev–Trinajstić information content (AvgIpc) is 3.36. The smallest absolute Gasteiger partial charge is 0.333 e. The molecular formula is C25H19FO4. The molecule has 0 bridgehead atoms. The highest BCUT2D eigenvalue weighted by Crippen LogP contribution is 2.50. The lowest BCUT2D eigenvalue weighted by Gasteiger charge is -2.15. The van der Waals surface area contributed by atoms with Gasteiger partial charge in [0.05, 0.1) is 5.57 Å². The number of carboxylic acids is 1. The lowest BCUT2D eigenvalue weighted by molar-refractivity contribution is -0.132. The molecule has 0 fully saturated rings. The number of ether oxygens (including phenoxy) is 2. The van der Waals surface area contributed by atoms with Crippen LogP contribution in [0.1, 0.15) is 40.7 Å². The quantitative estimate of drug-likeness (QED) is 0.656. The SMILES string of the molecule is CCc1cccc2c1C(c1ccc3c(c1)OCO3)=C(C(=O)O)C2c1ccc(F)cc1. The first-order valence-electron chi connectivity index (χ1n) is 9.83. The van der Waals surface area contributed by atoms with Crippen LogP contribution in [0, 0.1) is 5.82 Å². The van der Waals surface area contributed by atoms with Crippen molar-refractivity contribution in [3.63, 3.8) is 0 Å². The van der Waals surface area contributed by atoms with Crippen LogP contribution in [-0.4, -0.2) is 17.9 Å². The van der Waals surface area contributed by atoms with E-state index in [1.807, 2.05) is 36.4 Å². The van der Waals surface area contributed by atoms with Gasteiger partial charge in [0.25, 0.3) is 0 Å². The predicted molar refractivity (Wildman–Crippen MR) is 110 cm³/mol. The van der Waals surface area contributed by atoms with Crippen molar-refractivity contribution in [3.8, 4) is 11.5 Å². The third-order valence-electron chi connectivity index (χ3n) is 5.78. The second-order valence-corrected chi connectivity index (χ2v) is 7.38. The summed E-state index contributed by atoms with van der Waals surface area (Å²) in [6, 6.07) is 17.5. The molecule has 1 aliphatic heterocycles.